The summed E-state index contributed by atoms with van der Waals surface area (Å²) in [5.41, 5.74) is -1.05. The zero-order chi connectivity index (χ0) is 45.5. The third kappa shape index (κ3) is 10.3. The van der Waals surface area contributed by atoms with Crippen LogP contribution in [0.2, 0.25) is 0 Å². The van der Waals surface area contributed by atoms with Gasteiger partial charge in [-0.25, -0.2) is 9.59 Å². The predicted molar refractivity (Wildman–Crippen MR) is 231 cm³/mol. The highest BCUT2D eigenvalue weighted by Crippen LogP contribution is 2.48. The van der Waals surface area contributed by atoms with E-state index in [1.54, 1.807) is 9.80 Å². The first-order chi connectivity index (χ1) is 30.0. The molecule has 4 amide bonds. The van der Waals surface area contributed by atoms with Crippen LogP contribution >= 0.6 is 11.8 Å². The Morgan fingerprint density at radius 2 is 0.905 bits per heavy atom. The molecule has 0 spiro atoms. The maximum atomic E-state index is 13.3. The molecule has 324 valence electrons. The van der Waals surface area contributed by atoms with Crippen molar-refractivity contribution in [3.63, 3.8) is 0 Å². The summed E-state index contributed by atoms with van der Waals surface area (Å²) in [6, 6.07) is 16.5. The first-order valence-corrected chi connectivity index (χ1v) is 20.3. The van der Waals surface area contributed by atoms with E-state index in [9.17, 15) is 59.2 Å². The molecule has 2 aliphatic heterocycles. The largest absolute Gasteiger partial charge is 0.478 e. The van der Waals surface area contributed by atoms with Gasteiger partial charge in [-0.2, -0.15) is 0 Å². The number of aromatic carboxylic acids is 2. The second kappa shape index (κ2) is 19.4. The van der Waals surface area contributed by atoms with Gasteiger partial charge in [-0.15, -0.1) is 0 Å². The molecule has 63 heavy (non-hydrogen) atoms. The van der Waals surface area contributed by atoms with Crippen molar-refractivity contribution in [2.45, 2.75) is 23.6 Å². The number of rotatable bonds is 12. The highest BCUT2D eigenvalue weighted by molar-refractivity contribution is 7.99. The Kier molecular flexibility index (Phi) is 13.8. The number of hydrogen-bond donors (Lipinski definition) is 2. The first kappa shape index (κ1) is 44.9. The molecule has 0 saturated carbocycles. The summed E-state index contributed by atoms with van der Waals surface area (Å²) in [6.07, 6.45) is 5.19. The number of carbonyl (C=O) groups is 6. The van der Waals surface area contributed by atoms with E-state index in [0.717, 1.165) is 0 Å². The van der Waals surface area contributed by atoms with Crippen LogP contribution in [0.25, 0.3) is 34.4 Å². The minimum Gasteiger partial charge on any atom is -0.478 e. The fourth-order valence-electron chi connectivity index (χ4n) is 7.34. The smallest absolute Gasteiger partial charge is 0.335 e. The molecule has 2 fully saturated rings. The predicted octanol–water partition coefficient (Wildman–Crippen LogP) is 5.79. The molecule has 2 N–H and O–H groups in total. The van der Waals surface area contributed by atoms with E-state index in [2.05, 4.69) is 0 Å². The Morgan fingerprint density at radius 3 is 1.22 bits per heavy atom. The number of carboxylic acids is 2. The second-order valence-corrected chi connectivity index (χ2v) is 15.6. The monoisotopic (exact) mass is 876 g/mol. The molecule has 0 aromatic heterocycles. The second-order valence-electron chi connectivity index (χ2n) is 14.5. The Balaban J connectivity index is 1.46. The van der Waals surface area contributed by atoms with Crippen LogP contribution in [0.5, 0.6) is 0 Å². The molecular formula is C44H40N6O12S. The summed E-state index contributed by atoms with van der Waals surface area (Å²) in [5.74, 6) is -3.70. The highest BCUT2D eigenvalue weighted by atomic mass is 32.2. The normalized spacial score (nSPS) is 14.3. The van der Waals surface area contributed by atoms with E-state index in [0.29, 0.717) is 37.9 Å². The van der Waals surface area contributed by atoms with Crippen LogP contribution < -0.4 is 0 Å². The summed E-state index contributed by atoms with van der Waals surface area (Å²) in [5, 5.41) is 45.9. The van der Waals surface area contributed by atoms with Gasteiger partial charge in [-0.3, -0.25) is 39.4 Å². The standard InChI is InChI=1S/C44H40N6O12S/c1-27(51)45-17-21-47(22-18-45)37(53)15-11-29-9-13-35(41(49(59)60)39(29)31-5-3-7-33(25-31)43(55)56)63-36-14-10-30(12-16-38(54)48-23-19-46(20-24-48)28(2)52)40(42(36)50(61)62)32-6-4-8-34(26-32)44(57)58/h3-16,25-26H,17-24H2,1-2H3,(H,55,56)(H,57,58). The summed E-state index contributed by atoms with van der Waals surface area (Å²) < 4.78 is 0. The maximum Gasteiger partial charge on any atom is 0.335 e. The van der Waals surface area contributed by atoms with E-state index in [-0.39, 0.29) is 92.3 Å². The lowest BCUT2D eigenvalue weighted by molar-refractivity contribution is -0.387. The van der Waals surface area contributed by atoms with Crippen LogP contribution in [0, 0.1) is 20.2 Å². The van der Waals surface area contributed by atoms with E-state index in [4.69, 9.17) is 0 Å². The molecule has 18 nitrogen and oxygen atoms in total. The fraction of sp³-hybridized carbons (Fsp3) is 0.227. The third-order valence-corrected chi connectivity index (χ3v) is 11.7. The lowest BCUT2D eigenvalue weighted by atomic mass is 9.95. The molecule has 0 bridgehead atoms. The van der Waals surface area contributed by atoms with Gasteiger partial charge in [0.15, 0.2) is 0 Å². The number of nitro groups is 2. The Labute approximate surface area is 364 Å². The molecule has 6 rings (SSSR count). The van der Waals surface area contributed by atoms with Gasteiger partial charge in [0.25, 0.3) is 11.4 Å². The topological polar surface area (TPSA) is 242 Å². The van der Waals surface area contributed by atoms with Crippen molar-refractivity contribution in [2.24, 2.45) is 0 Å². The van der Waals surface area contributed by atoms with Gasteiger partial charge >= 0.3 is 11.9 Å². The van der Waals surface area contributed by atoms with Gasteiger partial charge in [0.05, 0.1) is 41.9 Å². The molecule has 2 heterocycles. The molecular weight excluding hydrogens is 837 g/mol. The fourth-order valence-corrected chi connectivity index (χ4v) is 8.39. The SMILES string of the molecule is CC(=O)N1CCN(C(=O)C=Cc2ccc(Sc3ccc(C=CC(=O)N4CCN(C(C)=O)CC4)c(-c4cccc(C(=O)O)c4)c3[N+](=O)[O-])c([N+](=O)[O-])c2-c2cccc(C(=O)O)c2)CC1. The van der Waals surface area contributed by atoms with Gasteiger partial charge in [0.2, 0.25) is 23.6 Å². The van der Waals surface area contributed by atoms with E-state index in [1.165, 1.54) is 121 Å². The summed E-state index contributed by atoms with van der Waals surface area (Å²) in [7, 11) is 0. The number of amides is 4. The molecule has 2 aliphatic rings. The number of carbonyl (C=O) groups excluding carboxylic acids is 4. The first-order valence-electron chi connectivity index (χ1n) is 19.5. The van der Waals surface area contributed by atoms with Crippen molar-refractivity contribution in [1.82, 2.24) is 19.6 Å². The van der Waals surface area contributed by atoms with Crippen molar-refractivity contribution in [2.75, 3.05) is 52.4 Å². The van der Waals surface area contributed by atoms with Crippen LogP contribution in [0.15, 0.2) is 94.7 Å². The average molecular weight is 877 g/mol. The summed E-state index contributed by atoms with van der Waals surface area (Å²) in [4.78, 5) is 105. The van der Waals surface area contributed by atoms with Gasteiger partial charge in [-0.05, 0) is 70.8 Å². The minimum absolute atomic E-state index is 0.0715. The van der Waals surface area contributed by atoms with Crippen molar-refractivity contribution in [3.05, 3.63) is 127 Å². The van der Waals surface area contributed by atoms with Gasteiger partial charge in [0, 0.05) is 78.4 Å². The molecule has 4 aromatic carbocycles. The molecule has 0 atom stereocenters. The molecule has 4 aromatic rings. The van der Waals surface area contributed by atoms with E-state index in [1.807, 2.05) is 0 Å². The van der Waals surface area contributed by atoms with Gasteiger partial charge < -0.3 is 29.8 Å². The van der Waals surface area contributed by atoms with Crippen molar-refractivity contribution in [3.8, 4) is 22.3 Å². The lowest BCUT2D eigenvalue weighted by Crippen LogP contribution is -2.49. The van der Waals surface area contributed by atoms with Gasteiger partial charge in [0.1, 0.15) is 0 Å². The molecule has 0 aliphatic carbocycles. The van der Waals surface area contributed by atoms with Crippen LogP contribution in [-0.2, 0) is 19.2 Å². The molecule has 2 saturated heterocycles. The Hall–Kier alpha value is -7.67. The van der Waals surface area contributed by atoms with Crippen LogP contribution in [0.3, 0.4) is 0 Å². The van der Waals surface area contributed by atoms with Crippen molar-refractivity contribution in [1.29, 1.82) is 0 Å². The zero-order valence-corrected chi connectivity index (χ0v) is 34.8. The Morgan fingerprint density at radius 1 is 0.556 bits per heavy atom. The maximum absolute atomic E-state index is 13.3. The van der Waals surface area contributed by atoms with Crippen molar-refractivity contribution >= 4 is 70.9 Å². The summed E-state index contributed by atoms with van der Waals surface area (Å²) in [6.45, 7) is 5.23. The lowest BCUT2D eigenvalue weighted by Gasteiger charge is -2.33. The molecule has 19 heteroatoms. The number of hydrogen-bond acceptors (Lipinski definition) is 11. The van der Waals surface area contributed by atoms with Crippen LogP contribution in [-0.4, -0.2) is 128 Å². The van der Waals surface area contributed by atoms with Gasteiger partial charge in [-0.1, -0.05) is 48.2 Å². The number of nitro benzene ring substituents is 2. The quantitative estimate of drug-likeness (QED) is 0.0974. The highest BCUT2D eigenvalue weighted by Gasteiger charge is 2.31. The van der Waals surface area contributed by atoms with Crippen LogP contribution in [0.4, 0.5) is 11.4 Å². The number of carboxylic acid groups (broad SMARTS) is 2. The zero-order valence-electron chi connectivity index (χ0n) is 34.0. The molecule has 0 radical (unpaired) electrons. The van der Waals surface area contributed by atoms with E-state index < -0.39 is 45.0 Å². The third-order valence-electron chi connectivity index (χ3n) is 10.6. The number of piperazine rings is 2. The number of benzene rings is 4. The summed E-state index contributed by atoms with van der Waals surface area (Å²) >= 11 is 0.674. The van der Waals surface area contributed by atoms with Crippen molar-refractivity contribution < 1.29 is 48.8 Å². The Bertz CT molecular complexity index is 2430. The van der Waals surface area contributed by atoms with Crippen LogP contribution in [0.1, 0.15) is 45.7 Å². The minimum atomic E-state index is -1.30. The van der Waals surface area contributed by atoms with E-state index >= 15 is 0 Å². The number of nitrogens with zero attached hydrogens (tertiary/aromatic N) is 6. The molecule has 0 unspecified atom stereocenters. The average Bonchev–Trinajstić information content (AvgIpc) is 3.27.